The van der Waals surface area contributed by atoms with Gasteiger partial charge in [0.25, 0.3) is 0 Å². The number of methoxy groups -OCH3 is 1. The van der Waals surface area contributed by atoms with Gasteiger partial charge in [-0.3, -0.25) is 0 Å². The molecule has 2 N–H and O–H groups in total. The standard InChI is InChI=1S/C15H24N2O2/c1-4-5-6-9-12(2)16-15(18)17-13-10-7-8-11-14(13)19-3/h7-8,10-12H,4-6,9H2,1-3H3,(H2,16,17,18). The molecule has 0 bridgehead atoms. The Balaban J connectivity index is 2.42. The van der Waals surface area contributed by atoms with Crippen LogP contribution < -0.4 is 15.4 Å². The fraction of sp³-hybridized carbons (Fsp3) is 0.533. The molecule has 0 fully saturated rings. The Bertz CT molecular complexity index is 393. The van der Waals surface area contributed by atoms with Gasteiger partial charge in [-0.1, -0.05) is 38.3 Å². The summed E-state index contributed by atoms with van der Waals surface area (Å²) in [4.78, 5) is 11.8. The molecule has 1 aromatic carbocycles. The van der Waals surface area contributed by atoms with Crippen LogP contribution in [0.2, 0.25) is 0 Å². The van der Waals surface area contributed by atoms with Crippen LogP contribution >= 0.6 is 0 Å². The highest BCUT2D eigenvalue weighted by atomic mass is 16.5. The van der Waals surface area contributed by atoms with Crippen LogP contribution in [0.5, 0.6) is 5.75 Å². The third-order valence-corrected chi connectivity index (χ3v) is 2.97. The van der Waals surface area contributed by atoms with E-state index in [9.17, 15) is 4.79 Å². The Kier molecular flexibility index (Phi) is 6.79. The molecule has 0 aliphatic carbocycles. The molecule has 1 unspecified atom stereocenters. The van der Waals surface area contributed by atoms with E-state index in [-0.39, 0.29) is 12.1 Å². The Morgan fingerprint density at radius 1 is 1.32 bits per heavy atom. The van der Waals surface area contributed by atoms with Gasteiger partial charge in [0.15, 0.2) is 0 Å². The summed E-state index contributed by atoms with van der Waals surface area (Å²) in [6.07, 6.45) is 4.56. The van der Waals surface area contributed by atoms with E-state index >= 15 is 0 Å². The lowest BCUT2D eigenvalue weighted by Crippen LogP contribution is -2.36. The Morgan fingerprint density at radius 2 is 2.05 bits per heavy atom. The second-order valence-electron chi connectivity index (χ2n) is 4.70. The van der Waals surface area contributed by atoms with Gasteiger partial charge in [-0.2, -0.15) is 0 Å². The maximum atomic E-state index is 11.8. The molecule has 0 spiro atoms. The molecule has 0 saturated carbocycles. The maximum absolute atomic E-state index is 11.8. The molecular weight excluding hydrogens is 240 g/mol. The van der Waals surface area contributed by atoms with Crippen molar-refractivity contribution in [3.05, 3.63) is 24.3 Å². The number of carbonyl (C=O) groups excluding carboxylic acids is 1. The summed E-state index contributed by atoms with van der Waals surface area (Å²) < 4.78 is 5.19. The number of benzene rings is 1. The van der Waals surface area contributed by atoms with Gasteiger partial charge in [-0.25, -0.2) is 4.79 Å². The van der Waals surface area contributed by atoms with E-state index in [1.54, 1.807) is 7.11 Å². The smallest absolute Gasteiger partial charge is 0.319 e. The van der Waals surface area contributed by atoms with Crippen LogP contribution in [0.4, 0.5) is 10.5 Å². The van der Waals surface area contributed by atoms with Crippen molar-refractivity contribution in [3.63, 3.8) is 0 Å². The molecule has 4 nitrogen and oxygen atoms in total. The van der Waals surface area contributed by atoms with Crippen molar-refractivity contribution in [3.8, 4) is 5.75 Å². The minimum Gasteiger partial charge on any atom is -0.495 e. The van der Waals surface area contributed by atoms with Gasteiger partial charge in [-0.05, 0) is 25.5 Å². The molecule has 19 heavy (non-hydrogen) atoms. The molecule has 0 aliphatic rings. The first-order chi connectivity index (χ1) is 9.17. The summed E-state index contributed by atoms with van der Waals surface area (Å²) in [5, 5.41) is 5.74. The zero-order valence-electron chi connectivity index (χ0n) is 12.0. The van der Waals surface area contributed by atoms with Crippen LogP contribution in [-0.2, 0) is 0 Å². The Labute approximate surface area is 115 Å². The summed E-state index contributed by atoms with van der Waals surface area (Å²) in [6, 6.07) is 7.37. The Morgan fingerprint density at radius 3 is 2.74 bits per heavy atom. The second-order valence-corrected chi connectivity index (χ2v) is 4.70. The third kappa shape index (κ3) is 5.64. The van der Waals surface area contributed by atoms with Crippen LogP contribution in [0, 0.1) is 0 Å². The second kappa shape index (κ2) is 8.40. The van der Waals surface area contributed by atoms with Crippen LogP contribution in [0.3, 0.4) is 0 Å². The number of hydrogen-bond acceptors (Lipinski definition) is 2. The van der Waals surface area contributed by atoms with E-state index in [1.807, 2.05) is 31.2 Å². The molecule has 2 amide bonds. The van der Waals surface area contributed by atoms with Crippen molar-refractivity contribution in [1.82, 2.24) is 5.32 Å². The summed E-state index contributed by atoms with van der Waals surface area (Å²) in [7, 11) is 1.59. The highest BCUT2D eigenvalue weighted by Crippen LogP contribution is 2.22. The van der Waals surface area contributed by atoms with E-state index in [1.165, 1.54) is 12.8 Å². The minimum absolute atomic E-state index is 0.182. The first-order valence-corrected chi connectivity index (χ1v) is 6.88. The number of ether oxygens (including phenoxy) is 1. The molecule has 1 rings (SSSR count). The third-order valence-electron chi connectivity index (χ3n) is 2.97. The van der Waals surface area contributed by atoms with E-state index in [0.717, 1.165) is 12.8 Å². The highest BCUT2D eigenvalue weighted by Gasteiger charge is 2.09. The number of hydrogen-bond donors (Lipinski definition) is 2. The quantitative estimate of drug-likeness (QED) is 0.736. The van der Waals surface area contributed by atoms with E-state index < -0.39 is 0 Å². The molecule has 0 aliphatic heterocycles. The van der Waals surface area contributed by atoms with Gasteiger partial charge in [0, 0.05) is 6.04 Å². The molecular formula is C15H24N2O2. The minimum atomic E-state index is -0.187. The lowest BCUT2D eigenvalue weighted by molar-refractivity contribution is 0.248. The highest BCUT2D eigenvalue weighted by molar-refractivity contribution is 5.91. The van der Waals surface area contributed by atoms with Gasteiger partial charge < -0.3 is 15.4 Å². The van der Waals surface area contributed by atoms with Gasteiger partial charge in [0.05, 0.1) is 12.8 Å². The number of rotatable bonds is 7. The monoisotopic (exact) mass is 264 g/mol. The molecule has 1 atom stereocenters. The number of nitrogens with one attached hydrogen (secondary N) is 2. The van der Waals surface area contributed by atoms with Crippen molar-refractivity contribution >= 4 is 11.7 Å². The van der Waals surface area contributed by atoms with Crippen molar-refractivity contribution in [2.24, 2.45) is 0 Å². The summed E-state index contributed by atoms with van der Waals surface area (Å²) in [6.45, 7) is 4.20. The number of urea groups is 1. The fourth-order valence-corrected chi connectivity index (χ4v) is 1.90. The van der Waals surface area contributed by atoms with E-state index in [0.29, 0.717) is 11.4 Å². The van der Waals surface area contributed by atoms with Crippen LogP contribution in [0.1, 0.15) is 39.5 Å². The molecule has 0 aromatic heterocycles. The fourth-order valence-electron chi connectivity index (χ4n) is 1.90. The zero-order chi connectivity index (χ0) is 14.1. The molecule has 0 heterocycles. The topological polar surface area (TPSA) is 50.4 Å². The number of amides is 2. The van der Waals surface area contributed by atoms with Crippen molar-refractivity contribution < 1.29 is 9.53 Å². The maximum Gasteiger partial charge on any atom is 0.319 e. The Hall–Kier alpha value is -1.71. The van der Waals surface area contributed by atoms with E-state index in [4.69, 9.17) is 4.74 Å². The van der Waals surface area contributed by atoms with Gasteiger partial charge in [0.2, 0.25) is 0 Å². The van der Waals surface area contributed by atoms with Gasteiger partial charge >= 0.3 is 6.03 Å². The van der Waals surface area contributed by atoms with Crippen molar-refractivity contribution in [2.75, 3.05) is 12.4 Å². The van der Waals surface area contributed by atoms with Gasteiger partial charge in [-0.15, -0.1) is 0 Å². The van der Waals surface area contributed by atoms with Crippen LogP contribution in [0.25, 0.3) is 0 Å². The number of anilines is 1. The predicted octanol–water partition coefficient (Wildman–Crippen LogP) is 3.79. The number of unbranched alkanes of at least 4 members (excludes halogenated alkanes) is 2. The molecule has 1 aromatic rings. The average molecular weight is 264 g/mol. The molecule has 4 heteroatoms. The summed E-state index contributed by atoms with van der Waals surface area (Å²) in [5.41, 5.74) is 0.684. The van der Waals surface area contributed by atoms with Gasteiger partial charge in [0.1, 0.15) is 5.75 Å². The molecule has 106 valence electrons. The number of para-hydroxylation sites is 2. The molecule has 0 saturated heterocycles. The van der Waals surface area contributed by atoms with Crippen molar-refractivity contribution in [2.45, 2.75) is 45.6 Å². The largest absolute Gasteiger partial charge is 0.495 e. The van der Waals surface area contributed by atoms with E-state index in [2.05, 4.69) is 17.6 Å². The van der Waals surface area contributed by atoms with Crippen LogP contribution in [0.15, 0.2) is 24.3 Å². The first-order valence-electron chi connectivity index (χ1n) is 6.88. The molecule has 0 radical (unpaired) electrons. The zero-order valence-corrected chi connectivity index (χ0v) is 12.0. The SMILES string of the molecule is CCCCCC(C)NC(=O)Nc1ccccc1OC. The first kappa shape index (κ1) is 15.3. The summed E-state index contributed by atoms with van der Waals surface area (Å²) in [5.74, 6) is 0.663. The van der Waals surface area contributed by atoms with Crippen LogP contribution in [-0.4, -0.2) is 19.2 Å². The lowest BCUT2D eigenvalue weighted by atomic mass is 10.1. The van der Waals surface area contributed by atoms with Crippen molar-refractivity contribution in [1.29, 1.82) is 0 Å². The number of carbonyl (C=O) groups is 1. The lowest BCUT2D eigenvalue weighted by Gasteiger charge is -2.15. The predicted molar refractivity (Wildman–Crippen MR) is 78.8 cm³/mol. The average Bonchev–Trinajstić information content (AvgIpc) is 2.39. The summed E-state index contributed by atoms with van der Waals surface area (Å²) >= 11 is 0. The normalized spacial score (nSPS) is 11.7.